The van der Waals surface area contributed by atoms with E-state index in [0.717, 1.165) is 50.6 Å². The standard InChI is InChI=1S/C17H25N3O.2ClH/c1-14(17-13-15-5-3-4-6-16(15)21-17)19(2)11-12-20-9-7-18-8-10-20;;/h3-6,13-14,18H,7-12H2,1-2H3;2*1H. The maximum atomic E-state index is 5.98. The molecular formula is C17H27Cl2N3O. The van der Waals surface area contributed by atoms with Gasteiger partial charge in [0.15, 0.2) is 0 Å². The van der Waals surface area contributed by atoms with E-state index < -0.39 is 0 Å². The SMILES string of the molecule is CC(c1cc2ccccc2o1)N(C)CCN1CCNCC1.Cl.Cl. The van der Waals surface area contributed by atoms with Crippen molar-refractivity contribution in [2.24, 2.45) is 0 Å². The Morgan fingerprint density at radius 2 is 1.91 bits per heavy atom. The Kier molecular flexibility index (Phi) is 8.37. The van der Waals surface area contributed by atoms with Crippen LogP contribution in [0.25, 0.3) is 11.0 Å². The van der Waals surface area contributed by atoms with Gasteiger partial charge in [-0.05, 0) is 26.1 Å². The van der Waals surface area contributed by atoms with E-state index in [4.69, 9.17) is 4.42 Å². The number of hydrogen-bond donors (Lipinski definition) is 1. The van der Waals surface area contributed by atoms with E-state index in [-0.39, 0.29) is 24.8 Å². The zero-order valence-corrected chi connectivity index (χ0v) is 15.5. The van der Waals surface area contributed by atoms with Crippen molar-refractivity contribution in [3.05, 3.63) is 36.1 Å². The maximum Gasteiger partial charge on any atom is 0.134 e. The summed E-state index contributed by atoms with van der Waals surface area (Å²) in [5, 5.41) is 4.59. The fourth-order valence-corrected chi connectivity index (χ4v) is 2.85. The quantitative estimate of drug-likeness (QED) is 0.888. The number of rotatable bonds is 5. The number of hydrogen-bond acceptors (Lipinski definition) is 4. The lowest BCUT2D eigenvalue weighted by Gasteiger charge is -2.30. The van der Waals surface area contributed by atoms with Gasteiger partial charge in [0.1, 0.15) is 11.3 Å². The second kappa shape index (κ2) is 9.50. The molecule has 0 aliphatic carbocycles. The maximum absolute atomic E-state index is 5.98. The number of halogens is 2. The normalized spacial score (nSPS) is 16.8. The Morgan fingerprint density at radius 3 is 2.61 bits per heavy atom. The number of likely N-dealkylation sites (N-methyl/N-ethyl adjacent to an activating group) is 1. The minimum absolute atomic E-state index is 0. The Morgan fingerprint density at radius 1 is 1.22 bits per heavy atom. The van der Waals surface area contributed by atoms with Gasteiger partial charge in [0, 0.05) is 44.7 Å². The Labute approximate surface area is 151 Å². The van der Waals surface area contributed by atoms with Crippen LogP contribution < -0.4 is 5.32 Å². The fraction of sp³-hybridized carbons (Fsp3) is 0.529. The predicted molar refractivity (Wildman–Crippen MR) is 101 cm³/mol. The smallest absolute Gasteiger partial charge is 0.134 e. The Balaban J connectivity index is 0.00000132. The zero-order chi connectivity index (χ0) is 14.7. The summed E-state index contributed by atoms with van der Waals surface area (Å²) in [6.07, 6.45) is 0. The summed E-state index contributed by atoms with van der Waals surface area (Å²) in [5.74, 6) is 1.05. The van der Waals surface area contributed by atoms with Gasteiger partial charge in [-0.15, -0.1) is 24.8 Å². The van der Waals surface area contributed by atoms with Crippen LogP contribution in [0, 0.1) is 0 Å². The molecular weight excluding hydrogens is 333 g/mol. The summed E-state index contributed by atoms with van der Waals surface area (Å²) in [4.78, 5) is 4.90. The highest BCUT2D eigenvalue weighted by molar-refractivity contribution is 5.85. The lowest BCUT2D eigenvalue weighted by molar-refractivity contribution is 0.174. The topological polar surface area (TPSA) is 31.7 Å². The molecule has 1 atom stereocenters. The van der Waals surface area contributed by atoms with Crippen molar-refractivity contribution in [3.8, 4) is 0 Å². The van der Waals surface area contributed by atoms with Gasteiger partial charge in [0.2, 0.25) is 0 Å². The first-order valence-electron chi connectivity index (χ1n) is 7.86. The summed E-state index contributed by atoms with van der Waals surface area (Å²) >= 11 is 0. The van der Waals surface area contributed by atoms with Crippen molar-refractivity contribution in [2.75, 3.05) is 46.3 Å². The van der Waals surface area contributed by atoms with Crippen LogP contribution in [0.4, 0.5) is 0 Å². The molecule has 1 saturated heterocycles. The van der Waals surface area contributed by atoms with Crippen LogP contribution in [0.2, 0.25) is 0 Å². The van der Waals surface area contributed by atoms with E-state index in [9.17, 15) is 0 Å². The van der Waals surface area contributed by atoms with Crippen molar-refractivity contribution in [3.63, 3.8) is 0 Å². The highest BCUT2D eigenvalue weighted by atomic mass is 35.5. The second-order valence-corrected chi connectivity index (χ2v) is 5.93. The monoisotopic (exact) mass is 359 g/mol. The average Bonchev–Trinajstić information content (AvgIpc) is 2.97. The number of nitrogens with one attached hydrogen (secondary N) is 1. The molecule has 1 aromatic carbocycles. The van der Waals surface area contributed by atoms with E-state index >= 15 is 0 Å². The van der Waals surface area contributed by atoms with Crippen molar-refractivity contribution < 1.29 is 4.42 Å². The largest absolute Gasteiger partial charge is 0.459 e. The zero-order valence-electron chi connectivity index (χ0n) is 13.8. The first kappa shape index (κ1) is 20.3. The minimum Gasteiger partial charge on any atom is -0.459 e. The van der Waals surface area contributed by atoms with Gasteiger partial charge in [-0.2, -0.15) is 0 Å². The van der Waals surface area contributed by atoms with E-state index in [1.54, 1.807) is 0 Å². The first-order valence-corrected chi connectivity index (χ1v) is 7.86. The first-order chi connectivity index (χ1) is 10.2. The molecule has 23 heavy (non-hydrogen) atoms. The molecule has 1 N–H and O–H groups in total. The molecule has 1 aliphatic heterocycles. The van der Waals surface area contributed by atoms with Gasteiger partial charge >= 0.3 is 0 Å². The molecule has 0 spiro atoms. The molecule has 1 aromatic heterocycles. The molecule has 0 saturated carbocycles. The lowest BCUT2D eigenvalue weighted by Crippen LogP contribution is -2.46. The van der Waals surface area contributed by atoms with Crippen LogP contribution in [0.15, 0.2) is 34.7 Å². The summed E-state index contributed by atoms with van der Waals surface area (Å²) in [6, 6.07) is 10.7. The van der Waals surface area contributed by atoms with Gasteiger partial charge in [-0.3, -0.25) is 9.80 Å². The van der Waals surface area contributed by atoms with Crippen LogP contribution in [-0.2, 0) is 0 Å². The third-order valence-corrected chi connectivity index (χ3v) is 4.50. The molecule has 1 unspecified atom stereocenters. The molecule has 1 fully saturated rings. The van der Waals surface area contributed by atoms with Crippen LogP contribution >= 0.6 is 24.8 Å². The van der Waals surface area contributed by atoms with E-state index in [1.807, 2.05) is 12.1 Å². The summed E-state index contributed by atoms with van der Waals surface area (Å²) < 4.78 is 5.98. The molecule has 1 aliphatic rings. The highest BCUT2D eigenvalue weighted by Gasteiger charge is 2.17. The number of fused-ring (bicyclic) bond motifs is 1. The lowest BCUT2D eigenvalue weighted by atomic mass is 10.2. The number of benzene rings is 1. The van der Waals surface area contributed by atoms with E-state index in [1.165, 1.54) is 5.39 Å². The number of nitrogens with zero attached hydrogens (tertiary/aromatic N) is 2. The van der Waals surface area contributed by atoms with Gasteiger partial charge < -0.3 is 9.73 Å². The van der Waals surface area contributed by atoms with E-state index in [0.29, 0.717) is 6.04 Å². The Hall–Kier alpha value is -0.780. The third-order valence-electron chi connectivity index (χ3n) is 4.50. The number of para-hydroxylation sites is 1. The van der Waals surface area contributed by atoms with Crippen LogP contribution in [-0.4, -0.2) is 56.1 Å². The Bertz CT molecular complexity index is 551. The van der Waals surface area contributed by atoms with Gasteiger partial charge in [-0.25, -0.2) is 0 Å². The molecule has 3 rings (SSSR count). The molecule has 2 aromatic rings. The molecule has 0 bridgehead atoms. The third kappa shape index (κ3) is 5.10. The fourth-order valence-electron chi connectivity index (χ4n) is 2.85. The van der Waals surface area contributed by atoms with Crippen molar-refractivity contribution in [1.82, 2.24) is 15.1 Å². The molecule has 0 amide bonds. The van der Waals surface area contributed by atoms with Gasteiger partial charge in [0.05, 0.1) is 6.04 Å². The van der Waals surface area contributed by atoms with Gasteiger partial charge in [0.25, 0.3) is 0 Å². The number of piperazine rings is 1. The molecule has 2 heterocycles. The van der Waals surface area contributed by atoms with Crippen LogP contribution in [0.5, 0.6) is 0 Å². The van der Waals surface area contributed by atoms with Crippen molar-refractivity contribution >= 4 is 35.8 Å². The summed E-state index contributed by atoms with van der Waals surface area (Å²) in [5.41, 5.74) is 0.981. The van der Waals surface area contributed by atoms with Crippen molar-refractivity contribution in [1.29, 1.82) is 0 Å². The molecule has 0 radical (unpaired) electrons. The number of furan rings is 1. The minimum atomic E-state index is 0. The molecule has 6 heteroatoms. The predicted octanol–water partition coefficient (Wildman–Crippen LogP) is 3.17. The molecule has 4 nitrogen and oxygen atoms in total. The summed E-state index contributed by atoms with van der Waals surface area (Å²) in [7, 11) is 2.18. The van der Waals surface area contributed by atoms with Crippen LogP contribution in [0.3, 0.4) is 0 Å². The summed E-state index contributed by atoms with van der Waals surface area (Å²) in [6.45, 7) is 8.96. The van der Waals surface area contributed by atoms with Crippen LogP contribution in [0.1, 0.15) is 18.7 Å². The average molecular weight is 360 g/mol. The van der Waals surface area contributed by atoms with E-state index in [2.05, 4.69) is 47.3 Å². The highest BCUT2D eigenvalue weighted by Crippen LogP contribution is 2.26. The van der Waals surface area contributed by atoms with Gasteiger partial charge in [-0.1, -0.05) is 18.2 Å². The second-order valence-electron chi connectivity index (χ2n) is 5.93. The van der Waals surface area contributed by atoms with Crippen molar-refractivity contribution in [2.45, 2.75) is 13.0 Å². The molecule has 130 valence electrons.